The number of rotatable bonds is 4. The summed E-state index contributed by atoms with van der Waals surface area (Å²) in [5.74, 6) is 0.631. The fourth-order valence-corrected chi connectivity index (χ4v) is 3.66. The second-order valence-electron chi connectivity index (χ2n) is 5.83. The van der Waals surface area contributed by atoms with E-state index in [0.717, 1.165) is 18.4 Å². The second kappa shape index (κ2) is 5.35. The van der Waals surface area contributed by atoms with Gasteiger partial charge in [0.25, 0.3) is 5.69 Å². The van der Waals surface area contributed by atoms with Crippen LogP contribution in [-0.4, -0.2) is 15.9 Å². The minimum Gasteiger partial charge on any atom is -0.489 e. The van der Waals surface area contributed by atoms with Crippen LogP contribution in [0.15, 0.2) is 12.1 Å². The van der Waals surface area contributed by atoms with Gasteiger partial charge in [0.2, 0.25) is 0 Å². The van der Waals surface area contributed by atoms with Crippen molar-refractivity contribution in [2.24, 2.45) is 5.41 Å². The van der Waals surface area contributed by atoms with Crippen molar-refractivity contribution in [2.75, 3.05) is 0 Å². The number of benzene rings is 1. The lowest BCUT2D eigenvalue weighted by molar-refractivity contribution is -0.385. The van der Waals surface area contributed by atoms with E-state index in [-0.39, 0.29) is 22.1 Å². The molecule has 0 heterocycles. The van der Waals surface area contributed by atoms with E-state index >= 15 is 0 Å². The molecule has 0 saturated heterocycles. The van der Waals surface area contributed by atoms with Crippen LogP contribution in [0.4, 0.5) is 5.69 Å². The van der Waals surface area contributed by atoms with Crippen molar-refractivity contribution in [3.8, 4) is 5.75 Å². The number of alkyl halides is 1. The normalized spacial score (nSPS) is 28.9. The van der Waals surface area contributed by atoms with Crippen molar-refractivity contribution in [2.45, 2.75) is 51.5 Å². The van der Waals surface area contributed by atoms with Gasteiger partial charge in [-0.25, -0.2) is 0 Å². The van der Waals surface area contributed by atoms with Crippen LogP contribution in [0.25, 0.3) is 0 Å². The van der Waals surface area contributed by atoms with Gasteiger partial charge in [-0.3, -0.25) is 10.1 Å². The number of nitrogens with zero attached hydrogens (tertiary/aromatic N) is 1. The third-order valence-corrected chi connectivity index (χ3v) is 6.01. The van der Waals surface area contributed by atoms with Crippen LogP contribution in [0.5, 0.6) is 5.75 Å². The van der Waals surface area contributed by atoms with Crippen molar-refractivity contribution in [1.29, 1.82) is 0 Å². The molecule has 0 amide bonds. The highest BCUT2D eigenvalue weighted by Gasteiger charge is 2.51. The standard InChI is InChI=1S/C15H20BrNO3/c1-5-15(4)13(16)8-14(15)20-12-7-11(17(18)19)9(2)6-10(12)3/h6-7,13-14H,5,8H2,1-4H3. The molecule has 1 aliphatic carbocycles. The van der Waals surface area contributed by atoms with Crippen LogP contribution in [0.1, 0.15) is 37.8 Å². The SMILES string of the molecule is CCC1(C)C(Br)CC1Oc1cc([N+](=O)[O-])c(C)cc1C. The maximum Gasteiger partial charge on any atom is 0.276 e. The molecular weight excluding hydrogens is 322 g/mol. The first-order chi connectivity index (χ1) is 9.29. The molecule has 1 aromatic rings. The molecule has 0 spiro atoms. The summed E-state index contributed by atoms with van der Waals surface area (Å²) in [6.07, 6.45) is 2.06. The van der Waals surface area contributed by atoms with Crippen molar-refractivity contribution in [3.63, 3.8) is 0 Å². The zero-order chi connectivity index (χ0) is 15.1. The summed E-state index contributed by atoms with van der Waals surface area (Å²) >= 11 is 3.68. The molecule has 1 fully saturated rings. The Labute approximate surface area is 127 Å². The Morgan fingerprint density at radius 3 is 2.60 bits per heavy atom. The molecule has 5 heteroatoms. The van der Waals surface area contributed by atoms with Gasteiger partial charge in [-0.1, -0.05) is 29.8 Å². The van der Waals surface area contributed by atoms with Gasteiger partial charge < -0.3 is 4.74 Å². The summed E-state index contributed by atoms with van der Waals surface area (Å²) in [5, 5.41) is 11.0. The average Bonchev–Trinajstić information content (AvgIpc) is 2.39. The molecule has 110 valence electrons. The van der Waals surface area contributed by atoms with Crippen molar-refractivity contribution in [1.82, 2.24) is 0 Å². The van der Waals surface area contributed by atoms with Gasteiger partial charge in [-0.2, -0.15) is 0 Å². The monoisotopic (exact) mass is 341 g/mol. The Morgan fingerprint density at radius 2 is 2.10 bits per heavy atom. The maximum absolute atomic E-state index is 11.0. The van der Waals surface area contributed by atoms with Crippen LogP contribution < -0.4 is 4.74 Å². The highest BCUT2D eigenvalue weighted by molar-refractivity contribution is 9.09. The molecule has 3 atom stereocenters. The molecule has 0 radical (unpaired) electrons. The van der Waals surface area contributed by atoms with Crippen LogP contribution in [0.3, 0.4) is 0 Å². The lowest BCUT2D eigenvalue weighted by Crippen LogP contribution is -2.54. The molecule has 3 unspecified atom stereocenters. The molecule has 0 aliphatic heterocycles. The number of halogens is 1. The number of nitro groups is 1. The fraction of sp³-hybridized carbons (Fsp3) is 0.600. The molecule has 2 rings (SSSR count). The first-order valence-corrected chi connectivity index (χ1v) is 7.77. The average molecular weight is 342 g/mol. The summed E-state index contributed by atoms with van der Waals surface area (Å²) in [5.41, 5.74) is 1.83. The summed E-state index contributed by atoms with van der Waals surface area (Å²) in [7, 11) is 0. The van der Waals surface area contributed by atoms with Crippen LogP contribution in [0, 0.1) is 29.4 Å². The minimum absolute atomic E-state index is 0.0894. The molecule has 1 saturated carbocycles. The van der Waals surface area contributed by atoms with Crippen molar-refractivity contribution < 1.29 is 9.66 Å². The van der Waals surface area contributed by atoms with E-state index in [2.05, 4.69) is 29.8 Å². The number of ether oxygens (including phenoxy) is 1. The number of hydrogen-bond donors (Lipinski definition) is 0. The van der Waals surface area contributed by atoms with E-state index in [4.69, 9.17) is 4.74 Å². The Kier molecular flexibility index (Phi) is 4.09. The smallest absolute Gasteiger partial charge is 0.276 e. The summed E-state index contributed by atoms with van der Waals surface area (Å²) in [6.45, 7) is 8.02. The highest BCUT2D eigenvalue weighted by atomic mass is 79.9. The van der Waals surface area contributed by atoms with Gasteiger partial charge in [0, 0.05) is 15.8 Å². The lowest BCUT2D eigenvalue weighted by atomic mass is 9.65. The van der Waals surface area contributed by atoms with Crippen LogP contribution in [-0.2, 0) is 0 Å². The summed E-state index contributed by atoms with van der Waals surface area (Å²) in [4.78, 5) is 11.1. The maximum atomic E-state index is 11.0. The quantitative estimate of drug-likeness (QED) is 0.458. The summed E-state index contributed by atoms with van der Waals surface area (Å²) in [6, 6.07) is 3.38. The Hall–Kier alpha value is -1.10. The van der Waals surface area contributed by atoms with E-state index in [1.807, 2.05) is 13.0 Å². The third kappa shape index (κ3) is 2.43. The molecule has 1 aromatic carbocycles. The van der Waals surface area contributed by atoms with E-state index < -0.39 is 0 Å². The molecule has 20 heavy (non-hydrogen) atoms. The topological polar surface area (TPSA) is 52.4 Å². The van der Waals surface area contributed by atoms with E-state index in [9.17, 15) is 10.1 Å². The Balaban J connectivity index is 2.26. The predicted molar refractivity (Wildman–Crippen MR) is 82.7 cm³/mol. The van der Waals surface area contributed by atoms with Gasteiger partial charge in [0.15, 0.2) is 0 Å². The Bertz CT molecular complexity index is 546. The molecule has 0 bridgehead atoms. The van der Waals surface area contributed by atoms with Gasteiger partial charge in [0.05, 0.1) is 11.0 Å². The van der Waals surface area contributed by atoms with Crippen molar-refractivity contribution >= 4 is 21.6 Å². The van der Waals surface area contributed by atoms with Gasteiger partial charge in [-0.05, 0) is 38.3 Å². The Morgan fingerprint density at radius 1 is 1.45 bits per heavy atom. The minimum atomic E-state index is -0.352. The highest BCUT2D eigenvalue weighted by Crippen LogP contribution is 2.50. The number of aryl methyl sites for hydroxylation is 2. The third-order valence-electron chi connectivity index (χ3n) is 4.59. The van der Waals surface area contributed by atoms with Crippen LogP contribution >= 0.6 is 15.9 Å². The molecule has 0 aromatic heterocycles. The summed E-state index contributed by atoms with van der Waals surface area (Å²) < 4.78 is 6.07. The van der Waals surface area contributed by atoms with E-state index in [1.54, 1.807) is 13.0 Å². The predicted octanol–water partition coefficient (Wildman–Crippen LogP) is 4.54. The fourth-order valence-electron chi connectivity index (χ4n) is 2.70. The molecule has 1 aliphatic rings. The van der Waals surface area contributed by atoms with Crippen molar-refractivity contribution in [3.05, 3.63) is 33.4 Å². The zero-order valence-electron chi connectivity index (χ0n) is 12.3. The molecule has 0 N–H and O–H groups in total. The second-order valence-corrected chi connectivity index (χ2v) is 6.94. The molecule has 4 nitrogen and oxygen atoms in total. The van der Waals surface area contributed by atoms with Gasteiger partial charge in [0.1, 0.15) is 11.9 Å². The van der Waals surface area contributed by atoms with Gasteiger partial charge >= 0.3 is 0 Å². The molecular formula is C15H20BrNO3. The van der Waals surface area contributed by atoms with Gasteiger partial charge in [-0.15, -0.1) is 0 Å². The zero-order valence-corrected chi connectivity index (χ0v) is 13.9. The van der Waals surface area contributed by atoms with Crippen LogP contribution in [0.2, 0.25) is 0 Å². The lowest BCUT2D eigenvalue weighted by Gasteiger charge is -2.50. The largest absolute Gasteiger partial charge is 0.489 e. The van der Waals surface area contributed by atoms with E-state index in [0.29, 0.717) is 16.1 Å². The van der Waals surface area contributed by atoms with E-state index in [1.165, 1.54) is 0 Å². The number of hydrogen-bond acceptors (Lipinski definition) is 3. The first kappa shape index (κ1) is 15.3. The first-order valence-electron chi connectivity index (χ1n) is 6.86. The number of nitro benzene ring substituents is 1.